The summed E-state index contributed by atoms with van der Waals surface area (Å²) in [5.41, 5.74) is 0. The van der Waals surface area contributed by atoms with Gasteiger partial charge in [-0.1, -0.05) is 84.0 Å². The first kappa shape index (κ1) is 19.9. The second kappa shape index (κ2) is 13.9. The highest BCUT2D eigenvalue weighted by molar-refractivity contribution is 7.85. The van der Waals surface area contributed by atoms with Crippen LogP contribution in [0.3, 0.4) is 0 Å². The first-order chi connectivity index (χ1) is 9.56. The molecule has 0 saturated carbocycles. The number of hydrogen-bond acceptors (Lipinski definition) is 2. The summed E-state index contributed by atoms with van der Waals surface area (Å²) in [5, 5.41) is 0. The fourth-order valence-corrected chi connectivity index (χ4v) is 2.87. The van der Waals surface area contributed by atoms with Crippen LogP contribution in [0.2, 0.25) is 0 Å². The van der Waals surface area contributed by atoms with E-state index in [0.717, 1.165) is 12.8 Å². The van der Waals surface area contributed by atoms with E-state index < -0.39 is 10.1 Å². The van der Waals surface area contributed by atoms with Crippen molar-refractivity contribution >= 4 is 10.1 Å². The minimum absolute atomic E-state index is 0.0818. The topological polar surface area (TPSA) is 54.4 Å². The Hall–Kier alpha value is -0.0900. The fraction of sp³-hybridized carbons (Fsp3) is 0.938. The van der Waals surface area contributed by atoms with Crippen molar-refractivity contribution in [3.63, 3.8) is 0 Å². The van der Waals surface area contributed by atoms with Gasteiger partial charge in [0.25, 0.3) is 10.1 Å². The van der Waals surface area contributed by atoms with E-state index in [0.29, 0.717) is 6.42 Å². The van der Waals surface area contributed by atoms with Crippen LogP contribution in [0.25, 0.3) is 0 Å². The van der Waals surface area contributed by atoms with Crippen molar-refractivity contribution in [1.29, 1.82) is 0 Å². The Bertz CT molecular complexity index is 286. The zero-order valence-corrected chi connectivity index (χ0v) is 14.0. The zero-order valence-electron chi connectivity index (χ0n) is 13.1. The molecule has 3 nitrogen and oxygen atoms in total. The van der Waals surface area contributed by atoms with E-state index in [-0.39, 0.29) is 5.75 Å². The summed E-state index contributed by atoms with van der Waals surface area (Å²) < 4.78 is 29.6. The van der Waals surface area contributed by atoms with E-state index in [2.05, 4.69) is 13.3 Å². The number of rotatable bonds is 15. The van der Waals surface area contributed by atoms with Crippen LogP contribution in [0.15, 0.2) is 0 Å². The average Bonchev–Trinajstić information content (AvgIpc) is 2.38. The van der Waals surface area contributed by atoms with Crippen molar-refractivity contribution in [3.05, 3.63) is 6.42 Å². The normalized spacial score (nSPS) is 11.9. The highest BCUT2D eigenvalue weighted by Gasteiger charge is 2.02. The second-order valence-corrected chi connectivity index (χ2v) is 7.26. The Morgan fingerprint density at radius 1 is 0.750 bits per heavy atom. The Labute approximate surface area is 126 Å². The molecule has 0 unspecified atom stereocenters. The van der Waals surface area contributed by atoms with Gasteiger partial charge >= 0.3 is 0 Å². The Balaban J connectivity index is 3.03. The summed E-state index contributed by atoms with van der Waals surface area (Å²) in [6.07, 6.45) is 17.9. The summed E-state index contributed by atoms with van der Waals surface area (Å²) in [6, 6.07) is 0. The number of unbranched alkanes of at least 4 members (excludes halogenated alkanes) is 13. The molecule has 1 radical (unpaired) electrons. The van der Waals surface area contributed by atoms with Crippen molar-refractivity contribution < 1.29 is 13.0 Å². The molecule has 0 aliphatic rings. The third kappa shape index (κ3) is 17.9. The van der Waals surface area contributed by atoms with Crippen molar-refractivity contribution in [2.75, 3.05) is 5.75 Å². The summed E-state index contributed by atoms with van der Waals surface area (Å²) >= 11 is 0. The Morgan fingerprint density at radius 2 is 1.20 bits per heavy atom. The van der Waals surface area contributed by atoms with Gasteiger partial charge in [-0.15, -0.1) is 0 Å². The van der Waals surface area contributed by atoms with Gasteiger partial charge in [-0.3, -0.25) is 4.55 Å². The largest absolute Gasteiger partial charge is 0.286 e. The lowest BCUT2D eigenvalue weighted by Crippen LogP contribution is -2.03. The van der Waals surface area contributed by atoms with Crippen LogP contribution in [0.1, 0.15) is 90.4 Å². The molecule has 4 heteroatoms. The molecule has 0 aromatic carbocycles. The smallest absolute Gasteiger partial charge is 0.264 e. The zero-order chi connectivity index (χ0) is 15.1. The molecule has 20 heavy (non-hydrogen) atoms. The minimum atomic E-state index is -3.74. The van der Waals surface area contributed by atoms with Crippen molar-refractivity contribution in [1.82, 2.24) is 0 Å². The number of hydrogen-bond donors (Lipinski definition) is 1. The van der Waals surface area contributed by atoms with Gasteiger partial charge in [-0.2, -0.15) is 8.42 Å². The third-order valence-corrected chi connectivity index (χ3v) is 4.38. The molecule has 1 N–H and O–H groups in total. The maximum atomic E-state index is 10.5. The molecular weight excluding hydrogens is 272 g/mol. The Kier molecular flexibility index (Phi) is 13.8. The van der Waals surface area contributed by atoms with Gasteiger partial charge < -0.3 is 0 Å². The molecule has 0 amide bonds. The predicted octanol–water partition coefficient (Wildman–Crippen LogP) is 5.17. The highest BCUT2D eigenvalue weighted by Crippen LogP contribution is 2.12. The summed E-state index contributed by atoms with van der Waals surface area (Å²) in [4.78, 5) is 0. The van der Waals surface area contributed by atoms with E-state index in [1.54, 1.807) is 0 Å². The van der Waals surface area contributed by atoms with Crippen LogP contribution in [0, 0.1) is 6.42 Å². The molecule has 0 bridgehead atoms. The molecule has 0 fully saturated rings. The van der Waals surface area contributed by atoms with E-state index in [1.807, 2.05) is 0 Å². The predicted molar refractivity (Wildman–Crippen MR) is 86.4 cm³/mol. The van der Waals surface area contributed by atoms with Crippen LogP contribution < -0.4 is 0 Å². The van der Waals surface area contributed by atoms with Crippen molar-refractivity contribution in [2.45, 2.75) is 90.4 Å². The van der Waals surface area contributed by atoms with E-state index >= 15 is 0 Å². The first-order valence-electron chi connectivity index (χ1n) is 8.33. The van der Waals surface area contributed by atoms with Gasteiger partial charge in [0.05, 0.1) is 5.75 Å². The molecule has 0 aromatic rings. The lowest BCUT2D eigenvalue weighted by Gasteiger charge is -2.02. The van der Waals surface area contributed by atoms with Crippen LogP contribution in [0.4, 0.5) is 0 Å². The minimum Gasteiger partial charge on any atom is -0.286 e. The first-order valence-corrected chi connectivity index (χ1v) is 9.94. The van der Waals surface area contributed by atoms with Gasteiger partial charge in [-0.05, 0) is 12.8 Å². The molecule has 0 aromatic heterocycles. The molecular formula is C16H33O3S. The van der Waals surface area contributed by atoms with Gasteiger partial charge in [0.1, 0.15) is 0 Å². The van der Waals surface area contributed by atoms with Gasteiger partial charge in [0, 0.05) is 0 Å². The standard InChI is InChI=1S/C16H33O3S/c1-2-3-4-5-6-7-8-9-10-11-12-13-14-15-16-20(17,18)19/h5H,2-4,6-16H2,1H3,(H,17,18,19). The van der Waals surface area contributed by atoms with Gasteiger partial charge in [0.15, 0.2) is 0 Å². The van der Waals surface area contributed by atoms with Crippen LogP contribution in [0.5, 0.6) is 0 Å². The molecule has 121 valence electrons. The van der Waals surface area contributed by atoms with E-state index in [9.17, 15) is 8.42 Å². The van der Waals surface area contributed by atoms with E-state index in [1.165, 1.54) is 64.2 Å². The molecule has 0 aliphatic carbocycles. The lowest BCUT2D eigenvalue weighted by atomic mass is 10.0. The summed E-state index contributed by atoms with van der Waals surface area (Å²) in [6.45, 7) is 2.23. The average molecular weight is 306 g/mol. The molecule has 0 heterocycles. The molecule has 0 aliphatic heterocycles. The maximum absolute atomic E-state index is 10.5. The van der Waals surface area contributed by atoms with Crippen molar-refractivity contribution in [3.8, 4) is 0 Å². The van der Waals surface area contributed by atoms with Crippen LogP contribution >= 0.6 is 0 Å². The molecule has 0 spiro atoms. The van der Waals surface area contributed by atoms with Crippen molar-refractivity contribution in [2.24, 2.45) is 0 Å². The summed E-state index contributed by atoms with van der Waals surface area (Å²) in [7, 11) is -3.74. The van der Waals surface area contributed by atoms with E-state index in [4.69, 9.17) is 4.55 Å². The SMILES string of the molecule is CCCC[CH]CCCCCCCCCCCS(=O)(=O)O. The second-order valence-electron chi connectivity index (χ2n) is 5.69. The Morgan fingerprint density at radius 3 is 1.70 bits per heavy atom. The lowest BCUT2D eigenvalue weighted by molar-refractivity contribution is 0.478. The van der Waals surface area contributed by atoms with Gasteiger partial charge in [-0.25, -0.2) is 0 Å². The molecule has 0 saturated heterocycles. The van der Waals surface area contributed by atoms with Gasteiger partial charge in [0.2, 0.25) is 0 Å². The summed E-state index contributed by atoms with van der Waals surface area (Å²) in [5.74, 6) is -0.0818. The van der Waals surface area contributed by atoms with Crippen LogP contribution in [-0.2, 0) is 10.1 Å². The maximum Gasteiger partial charge on any atom is 0.264 e. The fourth-order valence-electron chi connectivity index (χ4n) is 2.30. The molecule has 0 rings (SSSR count). The third-order valence-electron chi connectivity index (χ3n) is 3.57. The monoisotopic (exact) mass is 305 g/mol. The highest BCUT2D eigenvalue weighted by atomic mass is 32.2. The van der Waals surface area contributed by atoms with Crippen LogP contribution in [-0.4, -0.2) is 18.7 Å². The molecule has 0 atom stereocenters. The quantitative estimate of drug-likeness (QED) is 0.335.